The minimum Gasteiger partial charge on any atom is -0.305 e. The largest absolute Gasteiger partial charge is 0.305 e. The van der Waals surface area contributed by atoms with Crippen LogP contribution in [0, 0.1) is 18.2 Å². The second kappa shape index (κ2) is 9.36. The van der Waals surface area contributed by atoms with Crippen molar-refractivity contribution in [3.8, 4) is 12.3 Å². The van der Waals surface area contributed by atoms with Crippen molar-refractivity contribution in [1.82, 2.24) is 8.87 Å². The van der Waals surface area contributed by atoms with Crippen LogP contribution in [0.3, 0.4) is 0 Å². The lowest BCUT2D eigenvalue weighted by molar-refractivity contribution is 0.0998. The van der Waals surface area contributed by atoms with Crippen LogP contribution in [0.1, 0.15) is 36.0 Å². The maximum Gasteiger partial charge on any atom is 0.279 e. The first-order valence-corrected chi connectivity index (χ1v) is 12.6. The van der Waals surface area contributed by atoms with Crippen molar-refractivity contribution >= 4 is 37.5 Å². The van der Waals surface area contributed by atoms with Gasteiger partial charge in [-0.15, -0.1) is 6.42 Å². The molecule has 0 aliphatic carbocycles. The summed E-state index contributed by atoms with van der Waals surface area (Å²) in [7, 11) is -3.59. The van der Waals surface area contributed by atoms with Crippen LogP contribution < -0.4 is 4.80 Å². The average molecular weight is 472 g/mol. The second-order valence-corrected chi connectivity index (χ2v) is 10.5. The molecular formula is C23H22FN3O3S2. The van der Waals surface area contributed by atoms with E-state index in [4.69, 9.17) is 6.42 Å². The van der Waals surface area contributed by atoms with E-state index >= 15 is 0 Å². The van der Waals surface area contributed by atoms with Gasteiger partial charge in [0, 0.05) is 18.7 Å². The molecule has 0 spiro atoms. The van der Waals surface area contributed by atoms with Crippen molar-refractivity contribution in [2.75, 3.05) is 13.1 Å². The van der Waals surface area contributed by atoms with Crippen molar-refractivity contribution in [3.05, 3.63) is 58.6 Å². The fourth-order valence-corrected chi connectivity index (χ4v) is 6.30. The fourth-order valence-electron chi connectivity index (χ4n) is 3.73. The van der Waals surface area contributed by atoms with Crippen molar-refractivity contribution in [2.24, 2.45) is 4.99 Å². The second-order valence-electron chi connectivity index (χ2n) is 7.55. The molecule has 2 aromatic carbocycles. The Kier molecular flexibility index (Phi) is 6.55. The van der Waals surface area contributed by atoms with Gasteiger partial charge in [0.25, 0.3) is 5.91 Å². The Morgan fingerprint density at radius 1 is 1.09 bits per heavy atom. The van der Waals surface area contributed by atoms with E-state index in [9.17, 15) is 17.6 Å². The number of thiazole rings is 1. The minimum absolute atomic E-state index is 0.163. The molecule has 1 amide bonds. The van der Waals surface area contributed by atoms with Crippen LogP contribution in [0.25, 0.3) is 10.2 Å². The van der Waals surface area contributed by atoms with Crippen molar-refractivity contribution in [3.63, 3.8) is 0 Å². The molecule has 0 bridgehead atoms. The first-order valence-electron chi connectivity index (χ1n) is 10.3. The van der Waals surface area contributed by atoms with Gasteiger partial charge in [-0.25, -0.2) is 12.8 Å². The number of rotatable bonds is 4. The molecule has 0 unspecified atom stereocenters. The molecule has 1 saturated heterocycles. The van der Waals surface area contributed by atoms with Gasteiger partial charge in [0.2, 0.25) is 10.0 Å². The van der Waals surface area contributed by atoms with E-state index in [1.54, 1.807) is 10.6 Å². The molecule has 166 valence electrons. The normalized spacial score (nSPS) is 16.1. The van der Waals surface area contributed by atoms with Gasteiger partial charge in [0.05, 0.1) is 21.7 Å². The number of fused-ring (bicyclic) bond motifs is 1. The Bertz CT molecular complexity index is 1360. The molecular weight excluding hydrogens is 449 g/mol. The summed E-state index contributed by atoms with van der Waals surface area (Å²) in [5, 5.41) is 0. The number of benzene rings is 2. The van der Waals surface area contributed by atoms with E-state index in [-0.39, 0.29) is 22.8 Å². The highest BCUT2D eigenvalue weighted by Crippen LogP contribution is 2.21. The first kappa shape index (κ1) is 22.4. The van der Waals surface area contributed by atoms with Crippen LogP contribution in [0.5, 0.6) is 0 Å². The highest BCUT2D eigenvalue weighted by Gasteiger charge is 2.25. The van der Waals surface area contributed by atoms with E-state index in [0.717, 1.165) is 25.7 Å². The summed E-state index contributed by atoms with van der Waals surface area (Å²) in [5.41, 5.74) is 0.954. The molecule has 0 saturated carbocycles. The summed E-state index contributed by atoms with van der Waals surface area (Å²) in [4.78, 5) is 17.5. The number of halogens is 1. The zero-order valence-corrected chi connectivity index (χ0v) is 19.0. The van der Waals surface area contributed by atoms with Gasteiger partial charge in [-0.05, 0) is 55.3 Å². The van der Waals surface area contributed by atoms with E-state index in [1.165, 1.54) is 52.0 Å². The van der Waals surface area contributed by atoms with Gasteiger partial charge in [-0.2, -0.15) is 9.30 Å². The Hall–Kier alpha value is -2.80. The number of terminal acetylenes is 1. The van der Waals surface area contributed by atoms with E-state index in [2.05, 4.69) is 10.9 Å². The molecule has 1 aliphatic rings. The highest BCUT2D eigenvalue weighted by molar-refractivity contribution is 7.89. The zero-order valence-electron chi connectivity index (χ0n) is 17.3. The number of sulfonamides is 1. The third-order valence-electron chi connectivity index (χ3n) is 5.40. The maximum atomic E-state index is 13.6. The number of hydrogen-bond donors (Lipinski definition) is 0. The van der Waals surface area contributed by atoms with Gasteiger partial charge < -0.3 is 4.57 Å². The molecule has 1 aliphatic heterocycles. The Labute approximate surface area is 190 Å². The molecule has 0 N–H and O–H groups in total. The van der Waals surface area contributed by atoms with Gasteiger partial charge in [0.15, 0.2) is 4.80 Å². The van der Waals surface area contributed by atoms with Gasteiger partial charge >= 0.3 is 0 Å². The number of hydrogen-bond acceptors (Lipinski definition) is 4. The third kappa shape index (κ3) is 4.53. The monoisotopic (exact) mass is 471 g/mol. The van der Waals surface area contributed by atoms with E-state index in [1.807, 2.05) is 0 Å². The summed E-state index contributed by atoms with van der Waals surface area (Å²) in [6, 6.07) is 10.1. The quantitative estimate of drug-likeness (QED) is 0.544. The van der Waals surface area contributed by atoms with Crippen LogP contribution >= 0.6 is 11.3 Å². The smallest absolute Gasteiger partial charge is 0.279 e. The molecule has 9 heteroatoms. The molecule has 6 nitrogen and oxygen atoms in total. The lowest BCUT2D eigenvalue weighted by atomic mass is 10.2. The fraction of sp³-hybridized carbons (Fsp3) is 0.304. The van der Waals surface area contributed by atoms with Crippen LogP contribution in [-0.2, 0) is 16.6 Å². The third-order valence-corrected chi connectivity index (χ3v) is 8.35. The zero-order chi connectivity index (χ0) is 22.7. The average Bonchev–Trinajstić information content (AvgIpc) is 2.95. The summed E-state index contributed by atoms with van der Waals surface area (Å²) in [6.07, 6.45) is 9.22. The molecule has 0 radical (unpaired) electrons. The standard InChI is InChI=1S/C23H22FN3O3S2/c1-2-13-27-20-12-9-18(24)16-21(20)31-23(27)25-22(28)17-7-10-19(11-8-17)32(29,30)26-14-5-3-4-6-15-26/h1,7-12,16H,3-6,13-15H2. The van der Waals surface area contributed by atoms with E-state index < -0.39 is 15.9 Å². The lowest BCUT2D eigenvalue weighted by Crippen LogP contribution is -2.31. The molecule has 3 aromatic rings. The summed E-state index contributed by atoms with van der Waals surface area (Å²) in [5.74, 6) is 1.61. The SMILES string of the molecule is C#CCn1c(=NC(=O)c2ccc(S(=O)(=O)N3CCCCCC3)cc2)sc2cc(F)ccc21. The summed E-state index contributed by atoms with van der Waals surface area (Å²) in [6.45, 7) is 1.21. The van der Waals surface area contributed by atoms with Crippen LogP contribution in [0.15, 0.2) is 52.4 Å². The maximum absolute atomic E-state index is 13.6. The molecule has 1 aromatic heterocycles. The molecule has 4 rings (SSSR count). The first-order chi connectivity index (χ1) is 15.4. The Balaban J connectivity index is 1.64. The minimum atomic E-state index is -3.59. The summed E-state index contributed by atoms with van der Waals surface area (Å²) < 4.78 is 43.3. The number of nitrogens with zero attached hydrogens (tertiary/aromatic N) is 3. The lowest BCUT2D eigenvalue weighted by Gasteiger charge is -2.19. The molecule has 1 fully saturated rings. The predicted octanol–water partition coefficient (Wildman–Crippen LogP) is 3.78. The van der Waals surface area contributed by atoms with Crippen LogP contribution in [-0.4, -0.2) is 36.3 Å². The van der Waals surface area contributed by atoms with Crippen molar-refractivity contribution < 1.29 is 17.6 Å². The van der Waals surface area contributed by atoms with Crippen molar-refractivity contribution in [1.29, 1.82) is 0 Å². The van der Waals surface area contributed by atoms with Gasteiger partial charge in [0.1, 0.15) is 5.82 Å². The van der Waals surface area contributed by atoms with Gasteiger partial charge in [-0.3, -0.25) is 4.79 Å². The Morgan fingerprint density at radius 2 is 1.78 bits per heavy atom. The van der Waals surface area contributed by atoms with Crippen molar-refractivity contribution in [2.45, 2.75) is 37.1 Å². The summed E-state index contributed by atoms with van der Waals surface area (Å²) >= 11 is 1.17. The highest BCUT2D eigenvalue weighted by atomic mass is 32.2. The van der Waals surface area contributed by atoms with Crippen LogP contribution in [0.4, 0.5) is 4.39 Å². The van der Waals surface area contributed by atoms with Gasteiger partial charge in [-0.1, -0.05) is 30.1 Å². The number of carbonyl (C=O) groups excluding carboxylic acids is 1. The topological polar surface area (TPSA) is 71.7 Å². The predicted molar refractivity (Wildman–Crippen MR) is 122 cm³/mol. The molecule has 32 heavy (non-hydrogen) atoms. The van der Waals surface area contributed by atoms with E-state index in [0.29, 0.717) is 28.1 Å². The number of aromatic nitrogens is 1. The number of carbonyl (C=O) groups is 1. The Morgan fingerprint density at radius 3 is 2.44 bits per heavy atom. The molecule has 2 heterocycles. The number of amides is 1. The molecule has 0 atom stereocenters. The van der Waals surface area contributed by atoms with Crippen LogP contribution in [0.2, 0.25) is 0 Å².